The summed E-state index contributed by atoms with van der Waals surface area (Å²) in [7, 11) is 0.339. The van der Waals surface area contributed by atoms with Gasteiger partial charge in [0.2, 0.25) is 10.0 Å². The van der Waals surface area contributed by atoms with Gasteiger partial charge in [-0.1, -0.05) is 30.3 Å². The molecular formula is C19H34IN5O2S. The predicted molar refractivity (Wildman–Crippen MR) is 127 cm³/mol. The summed E-state index contributed by atoms with van der Waals surface area (Å²) in [6.45, 7) is 7.78. The first-order valence-electron chi connectivity index (χ1n) is 9.62. The molecule has 1 heterocycles. The average molecular weight is 523 g/mol. The predicted octanol–water partition coefficient (Wildman–Crippen LogP) is 1.67. The Balaban J connectivity index is 0.00000392. The number of hydrogen-bond acceptors (Lipinski definition) is 4. The smallest absolute Gasteiger partial charge is 0.213 e. The molecule has 1 N–H and O–H groups in total. The zero-order valence-electron chi connectivity index (χ0n) is 17.2. The van der Waals surface area contributed by atoms with Gasteiger partial charge in [0.15, 0.2) is 5.96 Å². The quantitative estimate of drug-likeness (QED) is 0.243. The highest BCUT2D eigenvalue weighted by Crippen LogP contribution is 2.08. The molecule has 160 valence electrons. The van der Waals surface area contributed by atoms with Crippen molar-refractivity contribution in [3.63, 3.8) is 0 Å². The van der Waals surface area contributed by atoms with Crippen molar-refractivity contribution in [3.05, 3.63) is 35.9 Å². The third-order valence-corrected chi connectivity index (χ3v) is 6.77. The van der Waals surface area contributed by atoms with E-state index in [4.69, 9.17) is 0 Å². The van der Waals surface area contributed by atoms with Crippen LogP contribution >= 0.6 is 24.0 Å². The highest BCUT2D eigenvalue weighted by molar-refractivity contribution is 14.0. The molecule has 0 amide bonds. The molecule has 1 aliphatic heterocycles. The number of aliphatic imine (C=N–C) groups is 1. The van der Waals surface area contributed by atoms with Crippen molar-refractivity contribution in [2.45, 2.75) is 19.9 Å². The maximum atomic E-state index is 11.8. The van der Waals surface area contributed by atoms with Crippen LogP contribution in [0, 0.1) is 0 Å². The fraction of sp³-hybridized carbons (Fsp3) is 0.632. The van der Waals surface area contributed by atoms with Crippen LogP contribution in [-0.2, 0) is 16.6 Å². The molecule has 0 spiro atoms. The number of nitrogens with one attached hydrogen (secondary N) is 1. The number of sulfonamides is 1. The summed E-state index contributed by atoms with van der Waals surface area (Å²) in [6, 6.07) is 10.6. The first-order chi connectivity index (χ1) is 13.0. The summed E-state index contributed by atoms with van der Waals surface area (Å²) in [5, 5.41) is 3.36. The Morgan fingerprint density at radius 3 is 2.39 bits per heavy atom. The van der Waals surface area contributed by atoms with E-state index in [2.05, 4.69) is 44.4 Å². The number of halogens is 1. The SMILES string of the molecule is CCS(=O)(=O)N(C)CCCNC(=NC)N1CCN(Cc2ccccc2)CC1.I. The van der Waals surface area contributed by atoms with Gasteiger partial charge in [0.1, 0.15) is 0 Å². The van der Waals surface area contributed by atoms with Gasteiger partial charge in [0.25, 0.3) is 0 Å². The minimum absolute atomic E-state index is 0. The molecule has 0 unspecified atom stereocenters. The zero-order valence-corrected chi connectivity index (χ0v) is 20.3. The first kappa shape index (κ1) is 25.1. The fourth-order valence-electron chi connectivity index (χ4n) is 3.15. The van der Waals surface area contributed by atoms with Crippen LogP contribution in [0.2, 0.25) is 0 Å². The van der Waals surface area contributed by atoms with E-state index in [1.165, 1.54) is 9.87 Å². The second kappa shape index (κ2) is 12.6. The van der Waals surface area contributed by atoms with Crippen LogP contribution in [0.3, 0.4) is 0 Å². The molecule has 1 fully saturated rings. The van der Waals surface area contributed by atoms with E-state index in [1.54, 1.807) is 21.0 Å². The fourth-order valence-corrected chi connectivity index (χ4v) is 4.00. The minimum Gasteiger partial charge on any atom is -0.356 e. The Kier molecular flexibility index (Phi) is 11.3. The molecule has 0 bridgehead atoms. The van der Waals surface area contributed by atoms with Crippen molar-refractivity contribution < 1.29 is 8.42 Å². The molecule has 0 saturated carbocycles. The van der Waals surface area contributed by atoms with Crippen molar-refractivity contribution in [1.82, 2.24) is 19.4 Å². The number of benzene rings is 1. The third-order valence-electron chi connectivity index (χ3n) is 4.91. The van der Waals surface area contributed by atoms with Gasteiger partial charge in [0, 0.05) is 59.9 Å². The van der Waals surface area contributed by atoms with Crippen molar-refractivity contribution in [3.8, 4) is 0 Å². The van der Waals surface area contributed by atoms with Crippen molar-refractivity contribution >= 4 is 40.0 Å². The van der Waals surface area contributed by atoms with Crippen LogP contribution in [0.25, 0.3) is 0 Å². The van der Waals surface area contributed by atoms with E-state index in [0.717, 1.165) is 45.1 Å². The highest BCUT2D eigenvalue weighted by Gasteiger charge is 2.19. The average Bonchev–Trinajstić information content (AvgIpc) is 2.69. The second-order valence-corrected chi connectivity index (χ2v) is 9.16. The minimum atomic E-state index is -3.10. The standard InChI is InChI=1S/C19H33N5O2S.HI/c1-4-27(25,26)22(3)12-8-11-21-19(20-2)24-15-13-23(14-16-24)17-18-9-6-5-7-10-18;/h5-7,9-10H,4,8,11-17H2,1-3H3,(H,20,21);1H. The van der Waals surface area contributed by atoms with E-state index in [1.807, 2.05) is 6.07 Å². The van der Waals surface area contributed by atoms with Gasteiger partial charge in [-0.15, -0.1) is 24.0 Å². The largest absolute Gasteiger partial charge is 0.356 e. The second-order valence-electron chi connectivity index (χ2n) is 6.80. The lowest BCUT2D eigenvalue weighted by Gasteiger charge is -2.36. The van der Waals surface area contributed by atoms with E-state index in [-0.39, 0.29) is 29.7 Å². The number of nitrogens with zero attached hydrogens (tertiary/aromatic N) is 4. The summed E-state index contributed by atoms with van der Waals surface area (Å²) in [4.78, 5) is 9.12. The third kappa shape index (κ3) is 7.84. The zero-order chi connectivity index (χ0) is 19.7. The normalized spacial score (nSPS) is 16.1. The molecule has 1 saturated heterocycles. The first-order valence-corrected chi connectivity index (χ1v) is 11.2. The number of rotatable bonds is 8. The Morgan fingerprint density at radius 1 is 1.18 bits per heavy atom. The molecule has 7 nitrogen and oxygen atoms in total. The Bertz CT molecular complexity index is 692. The number of guanidine groups is 1. The topological polar surface area (TPSA) is 68.2 Å². The lowest BCUT2D eigenvalue weighted by atomic mass is 10.2. The van der Waals surface area contributed by atoms with Gasteiger partial charge < -0.3 is 10.2 Å². The Hall–Kier alpha value is -0.910. The summed E-state index contributed by atoms with van der Waals surface area (Å²) in [6.07, 6.45) is 0.753. The Morgan fingerprint density at radius 2 is 1.82 bits per heavy atom. The van der Waals surface area contributed by atoms with E-state index < -0.39 is 10.0 Å². The number of hydrogen-bond donors (Lipinski definition) is 1. The molecule has 9 heteroatoms. The molecule has 0 aromatic heterocycles. The molecule has 1 aliphatic rings. The molecule has 0 atom stereocenters. The monoisotopic (exact) mass is 523 g/mol. The van der Waals surface area contributed by atoms with Crippen LogP contribution in [-0.4, -0.2) is 87.6 Å². The van der Waals surface area contributed by atoms with Crippen LogP contribution < -0.4 is 5.32 Å². The van der Waals surface area contributed by atoms with Gasteiger partial charge >= 0.3 is 0 Å². The van der Waals surface area contributed by atoms with Crippen LogP contribution in [0.1, 0.15) is 18.9 Å². The maximum Gasteiger partial charge on any atom is 0.213 e. The molecular weight excluding hydrogens is 489 g/mol. The van der Waals surface area contributed by atoms with Crippen LogP contribution in [0.4, 0.5) is 0 Å². The lowest BCUT2D eigenvalue weighted by molar-refractivity contribution is 0.172. The van der Waals surface area contributed by atoms with Gasteiger partial charge in [-0.2, -0.15) is 0 Å². The Labute approximate surface area is 187 Å². The van der Waals surface area contributed by atoms with E-state index in [0.29, 0.717) is 13.1 Å². The molecule has 0 aliphatic carbocycles. The van der Waals surface area contributed by atoms with Gasteiger partial charge in [-0.25, -0.2) is 12.7 Å². The van der Waals surface area contributed by atoms with Crippen LogP contribution in [0.15, 0.2) is 35.3 Å². The summed E-state index contributed by atoms with van der Waals surface area (Å²) < 4.78 is 25.0. The molecule has 1 aromatic rings. The maximum absolute atomic E-state index is 11.8. The van der Waals surface area contributed by atoms with Crippen molar-refractivity contribution in [2.75, 3.05) is 59.1 Å². The molecule has 1 aromatic carbocycles. The summed E-state index contributed by atoms with van der Waals surface area (Å²) in [5.74, 6) is 1.04. The lowest BCUT2D eigenvalue weighted by Crippen LogP contribution is -2.52. The van der Waals surface area contributed by atoms with Crippen LogP contribution in [0.5, 0.6) is 0 Å². The highest BCUT2D eigenvalue weighted by atomic mass is 127. The summed E-state index contributed by atoms with van der Waals surface area (Å²) >= 11 is 0. The van der Waals surface area contributed by atoms with Gasteiger partial charge in [-0.05, 0) is 18.9 Å². The molecule has 0 radical (unpaired) electrons. The molecule has 28 heavy (non-hydrogen) atoms. The van der Waals surface area contributed by atoms with Crippen molar-refractivity contribution in [2.24, 2.45) is 4.99 Å². The van der Waals surface area contributed by atoms with Gasteiger partial charge in [-0.3, -0.25) is 9.89 Å². The van der Waals surface area contributed by atoms with E-state index >= 15 is 0 Å². The van der Waals surface area contributed by atoms with Crippen molar-refractivity contribution in [1.29, 1.82) is 0 Å². The van der Waals surface area contributed by atoms with Gasteiger partial charge in [0.05, 0.1) is 5.75 Å². The number of piperazine rings is 1. The van der Waals surface area contributed by atoms with E-state index in [9.17, 15) is 8.42 Å². The molecule has 2 rings (SSSR count). The summed E-state index contributed by atoms with van der Waals surface area (Å²) in [5.41, 5.74) is 1.35.